The number of benzene rings is 1. The molecule has 0 atom stereocenters. The van der Waals surface area contributed by atoms with E-state index in [0.29, 0.717) is 16.3 Å². The van der Waals surface area contributed by atoms with Crippen LogP contribution in [-0.2, 0) is 6.18 Å². The van der Waals surface area contributed by atoms with E-state index in [9.17, 15) is 27.6 Å². The summed E-state index contributed by atoms with van der Waals surface area (Å²) in [6, 6.07) is 4.73. The van der Waals surface area contributed by atoms with Gasteiger partial charge in [0.05, 0.1) is 16.3 Å². The van der Waals surface area contributed by atoms with Crippen molar-refractivity contribution < 1.29 is 27.6 Å². The summed E-state index contributed by atoms with van der Waals surface area (Å²) in [5, 5.41) is 10.5. The van der Waals surface area contributed by atoms with Crippen molar-refractivity contribution in [3.8, 4) is 5.82 Å². The minimum Gasteiger partial charge on any atom is -0.350 e. The van der Waals surface area contributed by atoms with Crippen molar-refractivity contribution in [3.05, 3.63) is 69.1 Å². The lowest BCUT2D eigenvalue weighted by molar-refractivity contribution is -0.141. The van der Waals surface area contributed by atoms with E-state index in [1.54, 1.807) is 20.8 Å². The zero-order chi connectivity index (χ0) is 26.8. The van der Waals surface area contributed by atoms with Gasteiger partial charge < -0.3 is 10.6 Å². The van der Waals surface area contributed by atoms with Crippen LogP contribution in [0.25, 0.3) is 5.82 Å². The Morgan fingerprint density at radius 1 is 1.08 bits per heavy atom. The van der Waals surface area contributed by atoms with Gasteiger partial charge >= 0.3 is 12.2 Å². The fourth-order valence-electron chi connectivity index (χ4n) is 3.12. The number of carbonyl (C=O) groups excluding carboxylic acids is 3. The molecule has 4 amide bonds. The Kier molecular flexibility index (Phi) is 7.89. The van der Waals surface area contributed by atoms with Gasteiger partial charge in [0, 0.05) is 23.3 Å². The molecule has 3 rings (SSSR count). The summed E-state index contributed by atoms with van der Waals surface area (Å²) in [4.78, 5) is 41.9. The molecule has 14 heteroatoms. The summed E-state index contributed by atoms with van der Waals surface area (Å²) in [5.74, 6) is -2.01. The van der Waals surface area contributed by atoms with Crippen molar-refractivity contribution in [3.63, 3.8) is 0 Å². The second-order valence-electron chi connectivity index (χ2n) is 7.81. The topological polar surface area (TPSA) is 118 Å². The first-order valence-corrected chi connectivity index (χ1v) is 11.0. The third kappa shape index (κ3) is 6.13. The number of halogens is 5. The van der Waals surface area contributed by atoms with Crippen LogP contribution < -0.4 is 16.0 Å². The Bertz CT molecular complexity index is 1340. The number of hydrogen-bond donors (Lipinski definition) is 3. The normalized spacial score (nSPS) is 11.4. The van der Waals surface area contributed by atoms with E-state index >= 15 is 0 Å². The largest absolute Gasteiger partial charge is 0.435 e. The SMILES string of the molecule is Cc1cc(Cl)cc(C(=O)NC(C)C)c1NC(=O)NC(=O)c1cc(C(F)(F)F)nn1-c1ncccc1Cl. The average molecular weight is 543 g/mol. The minimum atomic E-state index is -4.89. The van der Waals surface area contributed by atoms with E-state index in [4.69, 9.17) is 23.2 Å². The van der Waals surface area contributed by atoms with Gasteiger partial charge in [0.1, 0.15) is 5.69 Å². The molecule has 0 aliphatic heterocycles. The maximum absolute atomic E-state index is 13.3. The fraction of sp³-hybridized carbons (Fsp3) is 0.227. The molecular formula is C22H19Cl2F3N6O3. The Morgan fingerprint density at radius 3 is 2.39 bits per heavy atom. The van der Waals surface area contributed by atoms with E-state index in [1.807, 2.05) is 5.32 Å². The smallest absolute Gasteiger partial charge is 0.350 e. The Labute approximate surface area is 213 Å². The maximum atomic E-state index is 13.3. The van der Waals surface area contributed by atoms with Gasteiger partial charge in [0.2, 0.25) is 0 Å². The number of aromatic nitrogens is 3. The molecule has 0 saturated carbocycles. The minimum absolute atomic E-state index is 0.0287. The Hall–Kier alpha value is -3.64. The summed E-state index contributed by atoms with van der Waals surface area (Å²) >= 11 is 12.1. The van der Waals surface area contributed by atoms with Crippen LogP contribution in [0.1, 0.15) is 46.0 Å². The number of pyridine rings is 1. The van der Waals surface area contributed by atoms with Gasteiger partial charge in [-0.3, -0.25) is 14.9 Å². The Balaban J connectivity index is 1.93. The predicted molar refractivity (Wildman–Crippen MR) is 127 cm³/mol. The maximum Gasteiger partial charge on any atom is 0.435 e. The van der Waals surface area contributed by atoms with E-state index < -0.39 is 35.4 Å². The molecule has 36 heavy (non-hydrogen) atoms. The summed E-state index contributed by atoms with van der Waals surface area (Å²) in [6.45, 7) is 5.04. The number of alkyl halides is 3. The first-order chi connectivity index (χ1) is 16.8. The highest BCUT2D eigenvalue weighted by molar-refractivity contribution is 6.32. The van der Waals surface area contributed by atoms with Gasteiger partial charge in [-0.2, -0.15) is 18.3 Å². The number of aryl methyl sites for hydroxylation is 1. The lowest BCUT2D eigenvalue weighted by Gasteiger charge is -2.16. The molecule has 9 nitrogen and oxygen atoms in total. The lowest BCUT2D eigenvalue weighted by atomic mass is 10.1. The lowest BCUT2D eigenvalue weighted by Crippen LogP contribution is -2.37. The van der Waals surface area contributed by atoms with Crippen LogP contribution in [0, 0.1) is 6.92 Å². The van der Waals surface area contributed by atoms with E-state index in [2.05, 4.69) is 20.7 Å². The molecular weight excluding hydrogens is 524 g/mol. The van der Waals surface area contributed by atoms with Crippen LogP contribution in [0.3, 0.4) is 0 Å². The standard InChI is InChI=1S/C22H19Cl2F3N6O3/c1-10(2)29-19(34)13-8-12(23)7-11(3)17(13)30-21(36)31-20(35)15-9-16(22(25,26)27)32-33(15)18-14(24)5-4-6-28-18/h4-10H,1-3H3,(H,29,34)(H2,30,31,35,36). The van der Waals surface area contributed by atoms with Gasteiger partial charge in [-0.25, -0.2) is 14.5 Å². The molecule has 0 spiro atoms. The summed E-state index contributed by atoms with van der Waals surface area (Å²) < 4.78 is 40.5. The number of amides is 4. The number of imide groups is 1. The molecule has 0 radical (unpaired) electrons. The summed E-state index contributed by atoms with van der Waals surface area (Å²) in [5.41, 5.74) is -1.55. The first-order valence-electron chi connectivity index (χ1n) is 10.3. The number of urea groups is 1. The van der Waals surface area contributed by atoms with Crippen molar-refractivity contribution in [2.75, 3.05) is 5.32 Å². The number of anilines is 1. The van der Waals surface area contributed by atoms with Gasteiger partial charge in [-0.05, 0) is 50.6 Å². The molecule has 2 heterocycles. The number of hydrogen-bond acceptors (Lipinski definition) is 5. The van der Waals surface area contributed by atoms with Crippen molar-refractivity contribution in [2.24, 2.45) is 0 Å². The third-order valence-electron chi connectivity index (χ3n) is 4.60. The fourth-order valence-corrected chi connectivity index (χ4v) is 3.59. The van der Waals surface area contributed by atoms with Crippen LogP contribution in [0.5, 0.6) is 0 Å². The zero-order valence-electron chi connectivity index (χ0n) is 19.0. The predicted octanol–water partition coefficient (Wildman–Crippen LogP) is 5.00. The summed E-state index contributed by atoms with van der Waals surface area (Å²) in [6.07, 6.45) is -3.64. The highest BCUT2D eigenvalue weighted by atomic mass is 35.5. The third-order valence-corrected chi connectivity index (χ3v) is 5.12. The van der Waals surface area contributed by atoms with Crippen LogP contribution in [0.2, 0.25) is 10.0 Å². The average Bonchev–Trinajstić information content (AvgIpc) is 3.21. The quantitative estimate of drug-likeness (QED) is 0.419. The molecule has 3 aromatic rings. The van der Waals surface area contributed by atoms with Crippen LogP contribution in [-0.4, -0.2) is 38.7 Å². The molecule has 190 valence electrons. The molecule has 0 fully saturated rings. The van der Waals surface area contributed by atoms with Crippen LogP contribution in [0.4, 0.5) is 23.7 Å². The van der Waals surface area contributed by atoms with Crippen LogP contribution >= 0.6 is 23.2 Å². The zero-order valence-corrected chi connectivity index (χ0v) is 20.5. The molecule has 0 aliphatic rings. The van der Waals surface area contributed by atoms with Gasteiger partial charge in [-0.15, -0.1) is 0 Å². The molecule has 0 unspecified atom stereocenters. The van der Waals surface area contributed by atoms with Crippen molar-refractivity contribution in [1.29, 1.82) is 0 Å². The molecule has 1 aromatic carbocycles. The van der Waals surface area contributed by atoms with Crippen molar-refractivity contribution in [2.45, 2.75) is 33.0 Å². The summed E-state index contributed by atoms with van der Waals surface area (Å²) in [7, 11) is 0. The second kappa shape index (κ2) is 10.5. The van der Waals surface area contributed by atoms with Crippen LogP contribution in [0.15, 0.2) is 36.5 Å². The highest BCUT2D eigenvalue weighted by Crippen LogP contribution is 2.30. The molecule has 0 aliphatic carbocycles. The monoisotopic (exact) mass is 542 g/mol. The van der Waals surface area contributed by atoms with E-state index in [0.717, 1.165) is 0 Å². The molecule has 2 aromatic heterocycles. The van der Waals surface area contributed by atoms with Gasteiger partial charge in [-0.1, -0.05) is 23.2 Å². The number of nitrogens with zero attached hydrogens (tertiary/aromatic N) is 3. The number of rotatable bonds is 5. The van der Waals surface area contributed by atoms with E-state index in [-0.39, 0.29) is 33.2 Å². The number of carbonyl (C=O) groups is 3. The highest BCUT2D eigenvalue weighted by Gasteiger charge is 2.37. The first kappa shape index (κ1) is 27.0. The molecule has 0 bridgehead atoms. The van der Waals surface area contributed by atoms with Crippen molar-refractivity contribution >= 4 is 46.7 Å². The van der Waals surface area contributed by atoms with Crippen molar-refractivity contribution in [1.82, 2.24) is 25.4 Å². The second-order valence-corrected chi connectivity index (χ2v) is 8.66. The number of nitrogens with one attached hydrogen (secondary N) is 3. The molecule has 3 N–H and O–H groups in total. The van der Waals surface area contributed by atoms with Gasteiger partial charge in [0.25, 0.3) is 11.8 Å². The van der Waals surface area contributed by atoms with E-state index in [1.165, 1.54) is 30.5 Å². The Morgan fingerprint density at radius 2 is 1.78 bits per heavy atom. The van der Waals surface area contributed by atoms with Gasteiger partial charge in [0.15, 0.2) is 11.5 Å². The molecule has 0 saturated heterocycles.